The van der Waals surface area contributed by atoms with E-state index in [1.807, 2.05) is 24.3 Å². The summed E-state index contributed by atoms with van der Waals surface area (Å²) >= 11 is 9.06. The van der Waals surface area contributed by atoms with E-state index in [0.717, 1.165) is 10.0 Å². The smallest absolute Gasteiger partial charge is 0.143 e. The second-order valence-corrected chi connectivity index (χ2v) is 5.81. The van der Waals surface area contributed by atoms with Gasteiger partial charge in [-0.25, -0.2) is 9.07 Å². The van der Waals surface area contributed by atoms with Crippen LogP contribution in [0.1, 0.15) is 0 Å². The Labute approximate surface area is 134 Å². The number of aromatic nitrogens is 2. The molecule has 0 amide bonds. The van der Waals surface area contributed by atoms with Gasteiger partial charge >= 0.3 is 0 Å². The van der Waals surface area contributed by atoms with Crippen LogP contribution in [0.15, 0.2) is 53.1 Å². The summed E-state index contributed by atoms with van der Waals surface area (Å²) in [5.74, 6) is -0.492. The molecule has 0 spiro atoms. The van der Waals surface area contributed by atoms with Crippen LogP contribution in [0.4, 0.5) is 10.1 Å². The molecule has 3 aromatic rings. The highest BCUT2D eigenvalue weighted by molar-refractivity contribution is 9.10. The van der Waals surface area contributed by atoms with Crippen molar-refractivity contribution >= 4 is 33.2 Å². The van der Waals surface area contributed by atoms with Gasteiger partial charge in [0.25, 0.3) is 0 Å². The number of hydrogen-bond acceptors (Lipinski definition) is 2. The molecule has 3 rings (SSSR count). The first-order chi connectivity index (χ1) is 10.0. The second kappa shape index (κ2) is 5.50. The number of halogens is 3. The van der Waals surface area contributed by atoms with E-state index >= 15 is 0 Å². The number of benzene rings is 2. The molecular formula is C15H10BrClFN3. The fourth-order valence-electron chi connectivity index (χ4n) is 1.98. The van der Waals surface area contributed by atoms with Crippen molar-refractivity contribution in [3.05, 3.63) is 64.0 Å². The van der Waals surface area contributed by atoms with Crippen LogP contribution in [0.2, 0.25) is 5.02 Å². The number of hydrogen-bond donors (Lipinski definition) is 1. The van der Waals surface area contributed by atoms with Gasteiger partial charge in [0.15, 0.2) is 0 Å². The molecule has 0 aliphatic heterocycles. The molecule has 0 unspecified atom stereocenters. The van der Waals surface area contributed by atoms with Gasteiger partial charge in [0, 0.05) is 16.1 Å². The van der Waals surface area contributed by atoms with Crippen LogP contribution >= 0.6 is 27.5 Å². The summed E-state index contributed by atoms with van der Waals surface area (Å²) in [6.45, 7) is 0. The van der Waals surface area contributed by atoms with E-state index in [1.165, 1.54) is 16.8 Å². The SMILES string of the molecule is Nc1cn(-c2ccc(Cl)c(F)c2)nc1-c1ccc(Br)cc1. The molecule has 0 radical (unpaired) electrons. The first-order valence-corrected chi connectivity index (χ1v) is 7.28. The highest BCUT2D eigenvalue weighted by Gasteiger charge is 2.11. The normalized spacial score (nSPS) is 10.8. The first kappa shape index (κ1) is 14.1. The van der Waals surface area contributed by atoms with Crippen LogP contribution in [0.5, 0.6) is 0 Å². The molecule has 2 aromatic carbocycles. The van der Waals surface area contributed by atoms with Gasteiger partial charge in [-0.3, -0.25) is 0 Å². The zero-order valence-corrected chi connectivity index (χ0v) is 13.1. The molecular weight excluding hydrogens is 357 g/mol. The summed E-state index contributed by atoms with van der Waals surface area (Å²) in [6.07, 6.45) is 1.65. The average Bonchev–Trinajstić information content (AvgIpc) is 2.85. The van der Waals surface area contributed by atoms with Crippen LogP contribution in [0.3, 0.4) is 0 Å². The molecule has 21 heavy (non-hydrogen) atoms. The number of nitrogens with zero attached hydrogens (tertiary/aromatic N) is 2. The van der Waals surface area contributed by atoms with Crippen LogP contribution in [-0.4, -0.2) is 9.78 Å². The summed E-state index contributed by atoms with van der Waals surface area (Å²) in [5.41, 5.74) is 8.63. The minimum absolute atomic E-state index is 0.0759. The van der Waals surface area contributed by atoms with E-state index in [4.69, 9.17) is 17.3 Å². The molecule has 1 heterocycles. The average molecular weight is 367 g/mol. The topological polar surface area (TPSA) is 43.8 Å². The van der Waals surface area contributed by atoms with Crippen molar-refractivity contribution in [1.82, 2.24) is 9.78 Å². The highest BCUT2D eigenvalue weighted by Crippen LogP contribution is 2.27. The van der Waals surface area contributed by atoms with Crippen molar-refractivity contribution in [2.24, 2.45) is 0 Å². The predicted molar refractivity (Wildman–Crippen MR) is 86.1 cm³/mol. The summed E-state index contributed by atoms with van der Waals surface area (Å²) in [5, 5.41) is 4.49. The molecule has 3 nitrogen and oxygen atoms in total. The molecule has 0 aliphatic carbocycles. The van der Waals surface area contributed by atoms with Crippen molar-refractivity contribution < 1.29 is 4.39 Å². The van der Waals surface area contributed by atoms with E-state index in [-0.39, 0.29) is 5.02 Å². The second-order valence-electron chi connectivity index (χ2n) is 4.48. The Morgan fingerprint density at radius 2 is 1.86 bits per heavy atom. The zero-order chi connectivity index (χ0) is 15.0. The lowest BCUT2D eigenvalue weighted by atomic mass is 10.1. The third kappa shape index (κ3) is 2.80. The predicted octanol–water partition coefficient (Wildman–Crippen LogP) is 4.68. The monoisotopic (exact) mass is 365 g/mol. The Kier molecular flexibility index (Phi) is 3.69. The summed E-state index contributed by atoms with van der Waals surface area (Å²) in [6, 6.07) is 12.1. The maximum Gasteiger partial charge on any atom is 0.143 e. The minimum atomic E-state index is -0.492. The van der Waals surface area contributed by atoms with Gasteiger partial charge in [0.05, 0.1) is 22.6 Å². The Morgan fingerprint density at radius 1 is 1.14 bits per heavy atom. The third-order valence-corrected chi connectivity index (χ3v) is 3.86. The lowest BCUT2D eigenvalue weighted by Gasteiger charge is -2.02. The fraction of sp³-hybridized carbons (Fsp3) is 0. The molecule has 0 aliphatic rings. The molecule has 106 valence electrons. The molecule has 0 saturated heterocycles. The van der Waals surface area contributed by atoms with Gasteiger partial charge in [-0.05, 0) is 24.3 Å². The summed E-state index contributed by atoms with van der Waals surface area (Å²) < 4.78 is 16.0. The zero-order valence-electron chi connectivity index (χ0n) is 10.7. The number of nitrogen functional groups attached to an aromatic ring is 1. The Balaban J connectivity index is 2.04. The Bertz CT molecular complexity index is 799. The molecule has 2 N–H and O–H groups in total. The minimum Gasteiger partial charge on any atom is -0.396 e. The Morgan fingerprint density at radius 3 is 2.52 bits per heavy atom. The third-order valence-electron chi connectivity index (χ3n) is 3.03. The molecule has 0 saturated carbocycles. The van der Waals surface area contributed by atoms with Crippen LogP contribution < -0.4 is 5.73 Å². The molecule has 0 atom stereocenters. The summed E-state index contributed by atoms with van der Waals surface area (Å²) in [7, 11) is 0. The van der Waals surface area contributed by atoms with Crippen molar-refractivity contribution in [3.63, 3.8) is 0 Å². The van der Waals surface area contributed by atoms with Crippen LogP contribution in [-0.2, 0) is 0 Å². The van der Waals surface area contributed by atoms with Gasteiger partial charge in [0.2, 0.25) is 0 Å². The molecule has 0 fully saturated rings. The molecule has 6 heteroatoms. The quantitative estimate of drug-likeness (QED) is 0.716. The van der Waals surface area contributed by atoms with Crippen molar-refractivity contribution in [3.8, 4) is 16.9 Å². The highest BCUT2D eigenvalue weighted by atomic mass is 79.9. The fourth-order valence-corrected chi connectivity index (χ4v) is 2.36. The van der Waals surface area contributed by atoms with Gasteiger partial charge in [0.1, 0.15) is 11.5 Å². The van der Waals surface area contributed by atoms with Crippen molar-refractivity contribution in [1.29, 1.82) is 0 Å². The maximum absolute atomic E-state index is 13.5. The summed E-state index contributed by atoms with van der Waals surface area (Å²) in [4.78, 5) is 0. The van der Waals surface area contributed by atoms with E-state index in [0.29, 0.717) is 17.1 Å². The Hall–Kier alpha value is -1.85. The molecule has 1 aromatic heterocycles. The standard InChI is InChI=1S/C15H10BrClFN3/c16-10-3-1-9(2-4-10)15-14(19)8-21(20-15)11-5-6-12(17)13(18)7-11/h1-8H,19H2. The van der Waals surface area contributed by atoms with Crippen LogP contribution in [0, 0.1) is 5.82 Å². The maximum atomic E-state index is 13.5. The van der Waals surface area contributed by atoms with Gasteiger partial charge in [-0.15, -0.1) is 0 Å². The number of anilines is 1. The van der Waals surface area contributed by atoms with Crippen LogP contribution in [0.25, 0.3) is 16.9 Å². The van der Waals surface area contributed by atoms with Gasteiger partial charge in [-0.1, -0.05) is 39.7 Å². The van der Waals surface area contributed by atoms with Crippen molar-refractivity contribution in [2.45, 2.75) is 0 Å². The number of rotatable bonds is 2. The van der Waals surface area contributed by atoms with E-state index < -0.39 is 5.82 Å². The van der Waals surface area contributed by atoms with Gasteiger partial charge in [-0.2, -0.15) is 5.10 Å². The molecule has 0 bridgehead atoms. The lowest BCUT2D eigenvalue weighted by molar-refractivity contribution is 0.626. The van der Waals surface area contributed by atoms with E-state index in [1.54, 1.807) is 12.3 Å². The van der Waals surface area contributed by atoms with Gasteiger partial charge < -0.3 is 5.73 Å². The van der Waals surface area contributed by atoms with E-state index in [2.05, 4.69) is 21.0 Å². The largest absolute Gasteiger partial charge is 0.396 e. The lowest BCUT2D eigenvalue weighted by Crippen LogP contribution is -1.95. The van der Waals surface area contributed by atoms with E-state index in [9.17, 15) is 4.39 Å². The first-order valence-electron chi connectivity index (χ1n) is 6.11. The van der Waals surface area contributed by atoms with Crippen molar-refractivity contribution in [2.75, 3.05) is 5.73 Å². The number of nitrogens with two attached hydrogens (primary N) is 1.